The summed E-state index contributed by atoms with van der Waals surface area (Å²) in [4.78, 5) is 67.3. The van der Waals surface area contributed by atoms with Crippen molar-refractivity contribution in [2.45, 2.75) is 52.1 Å². The summed E-state index contributed by atoms with van der Waals surface area (Å²) in [5, 5.41) is 0. The fourth-order valence-corrected chi connectivity index (χ4v) is 4.61. The maximum atomic E-state index is 13.2. The second kappa shape index (κ2) is 14.6. The van der Waals surface area contributed by atoms with E-state index in [0.717, 1.165) is 11.1 Å². The van der Waals surface area contributed by atoms with Gasteiger partial charge in [-0.15, -0.1) is 0 Å². The van der Waals surface area contributed by atoms with E-state index >= 15 is 0 Å². The lowest BCUT2D eigenvalue weighted by Gasteiger charge is -2.08. The van der Waals surface area contributed by atoms with Crippen LogP contribution in [0.4, 0.5) is 0 Å². The number of rotatable bonds is 14. The predicted molar refractivity (Wildman–Crippen MR) is 146 cm³/mol. The van der Waals surface area contributed by atoms with Gasteiger partial charge in [-0.05, 0) is 47.6 Å². The van der Waals surface area contributed by atoms with Gasteiger partial charge in [0.1, 0.15) is 12.3 Å². The SMILES string of the molecule is COC(=O)CCc1c(C(=O)OCc2ccccc2)[nH]c(Cc2[nH]c(C=O)c(CC(=O)OC)c2CCC(=O)OC)c1C. The molecule has 1 aromatic carbocycles. The van der Waals surface area contributed by atoms with E-state index in [1.54, 1.807) is 0 Å². The lowest BCUT2D eigenvalue weighted by atomic mass is 9.97. The molecule has 0 radical (unpaired) electrons. The van der Waals surface area contributed by atoms with Crippen LogP contribution in [-0.2, 0) is 65.6 Å². The van der Waals surface area contributed by atoms with Crippen LogP contribution in [0.1, 0.15) is 73.0 Å². The standard InChI is InChI=1S/C30H34N2O9/c1-18-20(10-12-26(34)38-2)29(30(37)41-17-19-8-6-5-7-9-19)32-23(18)15-24-21(11-13-27(35)39-3)22(14-28(36)40-4)25(16-33)31-24/h5-9,16,31-32H,10-15,17H2,1-4H3. The van der Waals surface area contributed by atoms with Gasteiger partial charge < -0.3 is 28.9 Å². The first-order valence-electron chi connectivity index (χ1n) is 13.0. The van der Waals surface area contributed by atoms with Crippen molar-refractivity contribution in [3.05, 3.63) is 80.9 Å². The smallest absolute Gasteiger partial charge is 0.355 e. The van der Waals surface area contributed by atoms with Gasteiger partial charge in [0, 0.05) is 30.7 Å². The summed E-state index contributed by atoms with van der Waals surface area (Å²) in [7, 11) is 3.83. The number of H-pyrrole nitrogens is 2. The normalized spacial score (nSPS) is 10.6. The molecule has 3 rings (SSSR count). The zero-order valence-electron chi connectivity index (χ0n) is 23.6. The molecule has 0 aliphatic rings. The van der Waals surface area contributed by atoms with Gasteiger partial charge in [-0.3, -0.25) is 19.2 Å². The van der Waals surface area contributed by atoms with Crippen molar-refractivity contribution >= 4 is 30.2 Å². The van der Waals surface area contributed by atoms with Gasteiger partial charge in [-0.2, -0.15) is 0 Å². The van der Waals surface area contributed by atoms with Crippen molar-refractivity contribution in [1.29, 1.82) is 0 Å². The number of methoxy groups -OCH3 is 3. The first-order chi connectivity index (χ1) is 19.7. The number of hydrogen-bond donors (Lipinski definition) is 2. The summed E-state index contributed by atoms with van der Waals surface area (Å²) in [6.45, 7) is 1.89. The second-order valence-corrected chi connectivity index (χ2v) is 9.32. The molecule has 2 aromatic heterocycles. The molecular weight excluding hydrogens is 532 g/mol. The molecule has 0 saturated carbocycles. The molecule has 0 atom stereocenters. The molecule has 0 spiro atoms. The fourth-order valence-electron chi connectivity index (χ4n) is 4.61. The summed E-state index contributed by atoms with van der Waals surface area (Å²) in [5.41, 5.74) is 4.84. The molecule has 0 fully saturated rings. The van der Waals surface area contributed by atoms with Gasteiger partial charge >= 0.3 is 23.9 Å². The highest BCUT2D eigenvalue weighted by atomic mass is 16.5. The van der Waals surface area contributed by atoms with Gasteiger partial charge in [0.2, 0.25) is 0 Å². The van der Waals surface area contributed by atoms with Crippen LogP contribution in [0.15, 0.2) is 30.3 Å². The molecule has 218 valence electrons. The van der Waals surface area contributed by atoms with Crippen molar-refractivity contribution in [2.24, 2.45) is 0 Å². The second-order valence-electron chi connectivity index (χ2n) is 9.32. The minimum absolute atomic E-state index is 0.0268. The van der Waals surface area contributed by atoms with Gasteiger partial charge in [-0.1, -0.05) is 30.3 Å². The molecule has 0 saturated heterocycles. The van der Waals surface area contributed by atoms with Crippen LogP contribution in [0, 0.1) is 6.92 Å². The van der Waals surface area contributed by atoms with E-state index in [1.807, 2.05) is 37.3 Å². The van der Waals surface area contributed by atoms with E-state index in [9.17, 15) is 24.0 Å². The topological polar surface area (TPSA) is 154 Å². The van der Waals surface area contributed by atoms with E-state index in [-0.39, 0.29) is 56.5 Å². The largest absolute Gasteiger partial charge is 0.469 e. The average Bonchev–Trinajstić information content (AvgIpc) is 3.49. The van der Waals surface area contributed by atoms with Crippen molar-refractivity contribution in [3.8, 4) is 0 Å². The number of aldehydes is 1. The van der Waals surface area contributed by atoms with Gasteiger partial charge in [0.25, 0.3) is 0 Å². The van der Waals surface area contributed by atoms with Crippen LogP contribution in [0.3, 0.4) is 0 Å². The van der Waals surface area contributed by atoms with Crippen LogP contribution >= 0.6 is 0 Å². The highest BCUT2D eigenvalue weighted by Gasteiger charge is 2.25. The first kappa shape index (κ1) is 30.9. The van der Waals surface area contributed by atoms with Crippen molar-refractivity contribution in [1.82, 2.24) is 9.97 Å². The maximum Gasteiger partial charge on any atom is 0.355 e. The predicted octanol–water partition coefficient (Wildman–Crippen LogP) is 3.34. The highest BCUT2D eigenvalue weighted by Crippen LogP contribution is 2.28. The molecular formula is C30H34N2O9. The molecule has 3 aromatic rings. The Bertz CT molecular complexity index is 1400. The third-order valence-electron chi connectivity index (χ3n) is 6.87. The Morgan fingerprint density at radius 3 is 1.98 bits per heavy atom. The van der Waals surface area contributed by atoms with Gasteiger partial charge in [-0.25, -0.2) is 4.79 Å². The lowest BCUT2D eigenvalue weighted by Crippen LogP contribution is -2.10. The molecule has 11 heteroatoms. The van der Waals surface area contributed by atoms with Crippen LogP contribution in [-0.4, -0.2) is 61.5 Å². The van der Waals surface area contributed by atoms with E-state index in [4.69, 9.17) is 18.9 Å². The van der Waals surface area contributed by atoms with E-state index in [0.29, 0.717) is 34.4 Å². The van der Waals surface area contributed by atoms with Gasteiger partial charge in [0.15, 0.2) is 6.29 Å². The Labute approximate surface area is 237 Å². The summed E-state index contributed by atoms with van der Waals surface area (Å²) in [5.74, 6) is -1.99. The van der Waals surface area contributed by atoms with Crippen LogP contribution in [0.25, 0.3) is 0 Å². The number of ether oxygens (including phenoxy) is 4. The minimum Gasteiger partial charge on any atom is -0.469 e. The monoisotopic (exact) mass is 566 g/mol. The molecule has 2 N–H and O–H groups in total. The molecule has 11 nitrogen and oxygen atoms in total. The van der Waals surface area contributed by atoms with Crippen LogP contribution in [0.5, 0.6) is 0 Å². The summed E-state index contributed by atoms with van der Waals surface area (Å²) in [6, 6.07) is 9.24. The lowest BCUT2D eigenvalue weighted by molar-refractivity contribution is -0.141. The summed E-state index contributed by atoms with van der Waals surface area (Å²) >= 11 is 0. The zero-order valence-corrected chi connectivity index (χ0v) is 23.6. The number of hydrogen-bond acceptors (Lipinski definition) is 9. The fraction of sp³-hybridized carbons (Fsp3) is 0.367. The van der Waals surface area contributed by atoms with Crippen LogP contribution in [0.2, 0.25) is 0 Å². The van der Waals surface area contributed by atoms with Crippen LogP contribution < -0.4 is 0 Å². The number of carbonyl (C=O) groups is 5. The molecule has 2 heterocycles. The minimum atomic E-state index is -0.583. The Balaban J connectivity index is 2.00. The number of carbonyl (C=O) groups excluding carboxylic acids is 5. The first-order valence-corrected chi connectivity index (χ1v) is 13.0. The van der Waals surface area contributed by atoms with Crippen molar-refractivity contribution < 1.29 is 42.9 Å². The van der Waals surface area contributed by atoms with Crippen molar-refractivity contribution in [2.75, 3.05) is 21.3 Å². The highest BCUT2D eigenvalue weighted by molar-refractivity contribution is 5.90. The molecule has 41 heavy (non-hydrogen) atoms. The molecule has 0 amide bonds. The number of aromatic nitrogens is 2. The number of esters is 4. The molecule has 0 aliphatic carbocycles. The Hall–Kier alpha value is -4.67. The number of benzene rings is 1. The van der Waals surface area contributed by atoms with Crippen molar-refractivity contribution in [3.63, 3.8) is 0 Å². The van der Waals surface area contributed by atoms with Gasteiger partial charge in [0.05, 0.1) is 33.4 Å². The Kier molecular flexibility index (Phi) is 11.0. The molecule has 0 bridgehead atoms. The Morgan fingerprint density at radius 1 is 0.780 bits per heavy atom. The molecule has 0 aliphatic heterocycles. The van der Waals surface area contributed by atoms with E-state index in [1.165, 1.54) is 21.3 Å². The quantitative estimate of drug-likeness (QED) is 0.170. The summed E-state index contributed by atoms with van der Waals surface area (Å²) in [6.07, 6.45) is 1.18. The van der Waals surface area contributed by atoms with E-state index in [2.05, 4.69) is 9.97 Å². The zero-order chi connectivity index (χ0) is 29.9. The number of nitrogens with one attached hydrogen (secondary N) is 2. The summed E-state index contributed by atoms with van der Waals surface area (Å²) < 4.78 is 19.9. The van der Waals surface area contributed by atoms with E-state index < -0.39 is 23.9 Å². The third-order valence-corrected chi connectivity index (χ3v) is 6.87. The maximum absolute atomic E-state index is 13.2. The average molecular weight is 567 g/mol. The third kappa shape index (κ3) is 7.93. The Morgan fingerprint density at radius 2 is 1.39 bits per heavy atom. The molecule has 0 unspecified atom stereocenters. The number of aromatic amines is 2.